The molecule has 0 bridgehead atoms. The van der Waals surface area contributed by atoms with Gasteiger partial charge in [0.05, 0.1) is 14.2 Å². The van der Waals surface area contributed by atoms with Crippen molar-refractivity contribution in [1.29, 1.82) is 0 Å². The number of pyridine rings is 1. The Labute approximate surface area is 201 Å². The Bertz CT molecular complexity index is 1120. The first-order valence-electron chi connectivity index (χ1n) is 11.5. The Hall–Kier alpha value is -3.86. The highest BCUT2D eigenvalue weighted by molar-refractivity contribution is 5.87. The molecular formula is C29H30N2O3. The maximum atomic E-state index is 12.4. The summed E-state index contributed by atoms with van der Waals surface area (Å²) in [6, 6.07) is 20.3. The van der Waals surface area contributed by atoms with Gasteiger partial charge in [-0.1, -0.05) is 48.6 Å². The molecule has 0 spiro atoms. The highest BCUT2D eigenvalue weighted by Gasteiger charge is 2.55. The summed E-state index contributed by atoms with van der Waals surface area (Å²) in [6.07, 6.45) is 13.0. The average molecular weight is 455 g/mol. The zero-order chi connectivity index (χ0) is 23.8. The van der Waals surface area contributed by atoms with Crippen LogP contribution in [0.1, 0.15) is 29.5 Å². The summed E-state index contributed by atoms with van der Waals surface area (Å²) in [5.41, 5.74) is 3.20. The van der Waals surface area contributed by atoms with Crippen LogP contribution in [0.25, 0.3) is 6.08 Å². The molecule has 1 amide bonds. The van der Waals surface area contributed by atoms with E-state index in [2.05, 4.69) is 34.6 Å². The van der Waals surface area contributed by atoms with E-state index < -0.39 is 0 Å². The molecule has 1 aliphatic rings. The summed E-state index contributed by atoms with van der Waals surface area (Å²) >= 11 is 0. The number of hydrogen-bond acceptors (Lipinski definition) is 4. The van der Waals surface area contributed by atoms with Crippen molar-refractivity contribution in [1.82, 2.24) is 10.3 Å². The van der Waals surface area contributed by atoms with Gasteiger partial charge in [0.15, 0.2) is 0 Å². The summed E-state index contributed by atoms with van der Waals surface area (Å²) in [5, 5.41) is 2.96. The first-order valence-corrected chi connectivity index (χ1v) is 11.5. The molecule has 1 fully saturated rings. The summed E-state index contributed by atoms with van der Waals surface area (Å²) < 4.78 is 10.9. The summed E-state index contributed by atoms with van der Waals surface area (Å²) in [6.45, 7) is 0.585. The maximum Gasteiger partial charge on any atom is 0.243 e. The molecule has 1 aromatic heterocycles. The second-order valence-corrected chi connectivity index (χ2v) is 8.37. The SMILES string of the molecule is COc1cccc(C2(c3cccc(OC)c3)C[C@H]2C=CC(=O)NCCC=Cc2cccnc2)c1. The number of rotatable bonds is 10. The number of amides is 1. The Morgan fingerprint density at radius 2 is 1.76 bits per heavy atom. The van der Waals surface area contributed by atoms with Crippen molar-refractivity contribution in [3.8, 4) is 11.5 Å². The zero-order valence-electron chi connectivity index (χ0n) is 19.6. The van der Waals surface area contributed by atoms with Gasteiger partial charge in [0.25, 0.3) is 0 Å². The van der Waals surface area contributed by atoms with Crippen LogP contribution in [-0.2, 0) is 10.2 Å². The van der Waals surface area contributed by atoms with Crippen LogP contribution in [0, 0.1) is 5.92 Å². The Kier molecular flexibility index (Phi) is 7.43. The van der Waals surface area contributed by atoms with Gasteiger partial charge in [-0.3, -0.25) is 9.78 Å². The zero-order valence-corrected chi connectivity index (χ0v) is 19.6. The minimum Gasteiger partial charge on any atom is -0.497 e. The number of aromatic nitrogens is 1. The van der Waals surface area contributed by atoms with Crippen molar-refractivity contribution in [2.75, 3.05) is 20.8 Å². The molecule has 174 valence electrons. The molecule has 1 saturated carbocycles. The van der Waals surface area contributed by atoms with E-state index in [9.17, 15) is 4.79 Å². The van der Waals surface area contributed by atoms with E-state index in [-0.39, 0.29) is 17.2 Å². The number of nitrogens with zero attached hydrogens (tertiary/aromatic N) is 1. The lowest BCUT2D eigenvalue weighted by atomic mass is 9.85. The lowest BCUT2D eigenvalue weighted by molar-refractivity contribution is -0.116. The Morgan fingerprint density at radius 1 is 1.06 bits per heavy atom. The number of allylic oxidation sites excluding steroid dienone is 1. The van der Waals surface area contributed by atoms with E-state index in [1.807, 2.05) is 60.8 Å². The smallest absolute Gasteiger partial charge is 0.243 e. The molecule has 1 aliphatic carbocycles. The lowest BCUT2D eigenvalue weighted by Crippen LogP contribution is -2.21. The van der Waals surface area contributed by atoms with Gasteiger partial charge in [-0.15, -0.1) is 0 Å². The molecule has 0 radical (unpaired) electrons. The standard InChI is InChI=1S/C29H30N2O3/c1-33-26-12-5-10-23(18-26)29(24-11-6-13-27(19-24)34-2)20-25(29)14-15-28(32)31-17-4-3-8-22-9-7-16-30-21-22/h3,5-16,18-19,21,25H,4,17,20H2,1-2H3,(H,31,32)/t25-/m1/s1. The van der Waals surface area contributed by atoms with Crippen molar-refractivity contribution in [3.05, 3.63) is 108 Å². The van der Waals surface area contributed by atoms with Crippen LogP contribution < -0.4 is 14.8 Å². The van der Waals surface area contributed by atoms with Gasteiger partial charge in [0, 0.05) is 24.4 Å². The highest BCUT2D eigenvalue weighted by atomic mass is 16.5. The van der Waals surface area contributed by atoms with Crippen molar-refractivity contribution in [2.24, 2.45) is 5.92 Å². The second kappa shape index (κ2) is 10.8. The van der Waals surface area contributed by atoms with E-state index >= 15 is 0 Å². The van der Waals surface area contributed by atoms with Gasteiger partial charge < -0.3 is 14.8 Å². The van der Waals surface area contributed by atoms with Crippen molar-refractivity contribution in [3.63, 3.8) is 0 Å². The molecule has 0 unspecified atom stereocenters. The van der Waals surface area contributed by atoms with Crippen molar-refractivity contribution >= 4 is 12.0 Å². The van der Waals surface area contributed by atoms with Gasteiger partial charge in [-0.05, 0) is 71.9 Å². The summed E-state index contributed by atoms with van der Waals surface area (Å²) in [5.74, 6) is 1.78. The number of hydrogen-bond donors (Lipinski definition) is 1. The van der Waals surface area contributed by atoms with Crippen LogP contribution in [-0.4, -0.2) is 31.7 Å². The fraction of sp³-hybridized carbons (Fsp3) is 0.241. The quantitative estimate of drug-likeness (QED) is 0.339. The number of carbonyl (C=O) groups is 1. The van der Waals surface area contributed by atoms with Gasteiger partial charge in [0.1, 0.15) is 11.5 Å². The minimum absolute atomic E-state index is 0.0770. The van der Waals surface area contributed by atoms with E-state index in [4.69, 9.17) is 9.47 Å². The Morgan fingerprint density at radius 3 is 2.38 bits per heavy atom. The molecule has 0 saturated heterocycles. The molecule has 34 heavy (non-hydrogen) atoms. The van der Waals surface area contributed by atoms with Crippen LogP contribution in [0.3, 0.4) is 0 Å². The predicted octanol–water partition coefficient (Wildman–Crippen LogP) is 5.18. The number of nitrogens with one attached hydrogen (secondary N) is 1. The first-order chi connectivity index (χ1) is 16.7. The van der Waals surface area contributed by atoms with Crippen LogP contribution in [0.4, 0.5) is 0 Å². The monoisotopic (exact) mass is 454 g/mol. The fourth-order valence-corrected chi connectivity index (χ4v) is 4.39. The molecule has 4 rings (SSSR count). The summed E-state index contributed by atoms with van der Waals surface area (Å²) in [7, 11) is 3.36. The maximum absolute atomic E-state index is 12.4. The lowest BCUT2D eigenvalue weighted by Gasteiger charge is -2.20. The summed E-state index contributed by atoms with van der Waals surface area (Å²) in [4.78, 5) is 16.5. The second-order valence-electron chi connectivity index (χ2n) is 8.37. The van der Waals surface area contributed by atoms with Gasteiger partial charge >= 0.3 is 0 Å². The van der Waals surface area contributed by atoms with Gasteiger partial charge in [-0.25, -0.2) is 0 Å². The van der Waals surface area contributed by atoms with Crippen LogP contribution in [0.5, 0.6) is 11.5 Å². The number of methoxy groups -OCH3 is 2. The van der Waals surface area contributed by atoms with Gasteiger partial charge in [0.2, 0.25) is 5.91 Å². The Balaban J connectivity index is 1.42. The fourth-order valence-electron chi connectivity index (χ4n) is 4.39. The number of benzene rings is 2. The van der Waals surface area contributed by atoms with E-state index in [1.54, 1.807) is 26.5 Å². The molecule has 1 N–H and O–H groups in total. The predicted molar refractivity (Wildman–Crippen MR) is 135 cm³/mol. The first kappa shape index (κ1) is 23.3. The van der Waals surface area contributed by atoms with E-state index in [0.717, 1.165) is 29.9 Å². The number of carbonyl (C=O) groups excluding carboxylic acids is 1. The molecule has 3 aromatic rings. The molecular weight excluding hydrogens is 424 g/mol. The molecule has 1 atom stereocenters. The third-order valence-corrected chi connectivity index (χ3v) is 6.27. The highest BCUT2D eigenvalue weighted by Crippen LogP contribution is 2.60. The number of ether oxygens (including phenoxy) is 2. The molecule has 2 aromatic carbocycles. The van der Waals surface area contributed by atoms with Crippen molar-refractivity contribution in [2.45, 2.75) is 18.3 Å². The average Bonchev–Trinajstić information content (AvgIpc) is 3.63. The largest absolute Gasteiger partial charge is 0.497 e. The normalized spacial score (nSPS) is 16.5. The van der Waals surface area contributed by atoms with Crippen LogP contribution in [0.15, 0.2) is 91.3 Å². The molecule has 0 aliphatic heterocycles. The van der Waals surface area contributed by atoms with Crippen LogP contribution >= 0.6 is 0 Å². The van der Waals surface area contributed by atoms with Gasteiger partial charge in [-0.2, -0.15) is 0 Å². The molecule has 1 heterocycles. The topological polar surface area (TPSA) is 60.5 Å². The van der Waals surface area contributed by atoms with E-state index in [0.29, 0.717) is 6.54 Å². The third kappa shape index (κ3) is 5.37. The van der Waals surface area contributed by atoms with E-state index in [1.165, 1.54) is 11.1 Å². The van der Waals surface area contributed by atoms with Crippen molar-refractivity contribution < 1.29 is 14.3 Å². The minimum atomic E-state index is -0.202. The molecule has 5 nitrogen and oxygen atoms in total. The molecule has 5 heteroatoms. The van der Waals surface area contributed by atoms with Crippen LogP contribution in [0.2, 0.25) is 0 Å². The third-order valence-electron chi connectivity index (χ3n) is 6.27.